The molecule has 2 heterocycles. The van der Waals surface area contributed by atoms with Crippen molar-refractivity contribution in [3.05, 3.63) is 58.5 Å². The van der Waals surface area contributed by atoms with Crippen molar-refractivity contribution in [2.24, 2.45) is 0 Å². The second kappa shape index (κ2) is 10.8. The summed E-state index contributed by atoms with van der Waals surface area (Å²) in [5.74, 6) is 1.55. The third kappa shape index (κ3) is 4.97. The molecule has 1 aliphatic heterocycles. The molecular formula is C26H34N4O4. The summed E-state index contributed by atoms with van der Waals surface area (Å²) in [5, 5.41) is 0. The van der Waals surface area contributed by atoms with Crippen LogP contribution < -0.4 is 15.2 Å². The Labute approximate surface area is 200 Å². The molecule has 0 unspecified atom stereocenters. The smallest absolute Gasteiger partial charge is 0.329 e. The van der Waals surface area contributed by atoms with Gasteiger partial charge in [0.05, 0.1) is 25.3 Å². The van der Waals surface area contributed by atoms with Crippen molar-refractivity contribution in [3.8, 4) is 11.5 Å². The maximum absolute atomic E-state index is 12.9. The van der Waals surface area contributed by atoms with E-state index in [2.05, 4.69) is 11.8 Å². The van der Waals surface area contributed by atoms with Crippen LogP contribution in [0.4, 0.5) is 0 Å². The fourth-order valence-corrected chi connectivity index (χ4v) is 4.69. The molecule has 1 fully saturated rings. The van der Waals surface area contributed by atoms with E-state index in [0.29, 0.717) is 32.6 Å². The number of hydrogen-bond acceptors (Lipinski definition) is 5. The Morgan fingerprint density at radius 1 is 0.882 bits per heavy atom. The SMILES string of the molecule is CCCn1c(=O)n(CCC(=O)N2CCN(Cc3ccc(OC)c(OC)c3)CC2)c2ccccc21. The second-order valence-electron chi connectivity index (χ2n) is 8.67. The summed E-state index contributed by atoms with van der Waals surface area (Å²) in [7, 11) is 3.27. The number of hydrogen-bond donors (Lipinski definition) is 0. The number of carbonyl (C=O) groups excluding carboxylic acids is 1. The molecule has 1 amide bonds. The molecule has 0 bridgehead atoms. The second-order valence-corrected chi connectivity index (χ2v) is 8.67. The van der Waals surface area contributed by atoms with Gasteiger partial charge in [-0.25, -0.2) is 4.79 Å². The van der Waals surface area contributed by atoms with Crippen LogP contribution in [0.1, 0.15) is 25.3 Å². The number of carbonyl (C=O) groups is 1. The Kier molecular flexibility index (Phi) is 7.57. The van der Waals surface area contributed by atoms with Crippen LogP contribution in [0.15, 0.2) is 47.3 Å². The lowest BCUT2D eigenvalue weighted by molar-refractivity contribution is -0.133. The predicted octanol–water partition coefficient (Wildman–Crippen LogP) is 2.96. The molecule has 8 nitrogen and oxygen atoms in total. The van der Waals surface area contributed by atoms with Gasteiger partial charge in [0.1, 0.15) is 0 Å². The van der Waals surface area contributed by atoms with Gasteiger partial charge in [0.2, 0.25) is 5.91 Å². The van der Waals surface area contributed by atoms with Crippen LogP contribution in [0.5, 0.6) is 11.5 Å². The molecule has 0 aliphatic carbocycles. The maximum Gasteiger partial charge on any atom is 0.329 e. The van der Waals surface area contributed by atoms with Gasteiger partial charge in [-0.15, -0.1) is 0 Å². The Morgan fingerprint density at radius 3 is 2.15 bits per heavy atom. The topological polar surface area (TPSA) is 68.9 Å². The molecule has 1 aromatic heterocycles. The zero-order valence-electron chi connectivity index (χ0n) is 20.3. The van der Waals surface area contributed by atoms with E-state index in [9.17, 15) is 9.59 Å². The first-order valence-corrected chi connectivity index (χ1v) is 11.9. The summed E-state index contributed by atoms with van der Waals surface area (Å²) in [5.41, 5.74) is 2.95. The number of benzene rings is 2. The number of amides is 1. The minimum atomic E-state index is -0.0319. The van der Waals surface area contributed by atoms with Crippen LogP contribution in [0, 0.1) is 0 Å². The largest absolute Gasteiger partial charge is 0.493 e. The molecule has 4 rings (SSSR count). The van der Waals surface area contributed by atoms with Gasteiger partial charge in [-0.3, -0.25) is 18.8 Å². The van der Waals surface area contributed by atoms with E-state index in [0.717, 1.165) is 54.2 Å². The molecule has 34 heavy (non-hydrogen) atoms. The summed E-state index contributed by atoms with van der Waals surface area (Å²) >= 11 is 0. The van der Waals surface area contributed by atoms with Crippen molar-refractivity contribution >= 4 is 16.9 Å². The van der Waals surface area contributed by atoms with Crippen molar-refractivity contribution < 1.29 is 14.3 Å². The number of fused-ring (bicyclic) bond motifs is 1. The summed E-state index contributed by atoms with van der Waals surface area (Å²) < 4.78 is 14.3. The van der Waals surface area contributed by atoms with E-state index in [1.54, 1.807) is 18.8 Å². The molecule has 0 radical (unpaired) electrons. The normalized spacial score (nSPS) is 14.5. The summed E-state index contributed by atoms with van der Waals surface area (Å²) in [6, 6.07) is 13.8. The average Bonchev–Trinajstić information content (AvgIpc) is 3.13. The zero-order valence-corrected chi connectivity index (χ0v) is 20.3. The first-order chi connectivity index (χ1) is 16.5. The molecular weight excluding hydrogens is 432 g/mol. The number of piperazine rings is 1. The Hall–Kier alpha value is -3.26. The molecule has 8 heteroatoms. The number of imidazole rings is 1. The number of methoxy groups -OCH3 is 2. The highest BCUT2D eigenvalue weighted by Gasteiger charge is 2.22. The lowest BCUT2D eigenvalue weighted by Crippen LogP contribution is -2.48. The van der Waals surface area contributed by atoms with Crippen molar-refractivity contribution in [1.29, 1.82) is 0 Å². The summed E-state index contributed by atoms with van der Waals surface area (Å²) in [6.07, 6.45) is 1.22. The third-order valence-corrected chi connectivity index (χ3v) is 6.50. The third-order valence-electron chi connectivity index (χ3n) is 6.50. The fourth-order valence-electron chi connectivity index (χ4n) is 4.69. The maximum atomic E-state index is 12.9. The van der Waals surface area contributed by atoms with E-state index < -0.39 is 0 Å². The molecule has 0 spiro atoms. The Morgan fingerprint density at radius 2 is 1.53 bits per heavy atom. The van der Waals surface area contributed by atoms with Crippen molar-refractivity contribution in [2.45, 2.75) is 39.4 Å². The van der Waals surface area contributed by atoms with Crippen molar-refractivity contribution in [2.75, 3.05) is 40.4 Å². The van der Waals surface area contributed by atoms with Crippen LogP contribution in [0.2, 0.25) is 0 Å². The number of aryl methyl sites for hydroxylation is 2. The quantitative estimate of drug-likeness (QED) is 0.485. The van der Waals surface area contributed by atoms with Crippen LogP contribution in [0.3, 0.4) is 0 Å². The van der Waals surface area contributed by atoms with Crippen LogP contribution in [0.25, 0.3) is 11.0 Å². The van der Waals surface area contributed by atoms with Crippen molar-refractivity contribution in [3.63, 3.8) is 0 Å². The van der Waals surface area contributed by atoms with Gasteiger partial charge in [-0.05, 0) is 36.2 Å². The summed E-state index contributed by atoms with van der Waals surface area (Å²) in [4.78, 5) is 30.1. The van der Waals surface area contributed by atoms with Crippen LogP contribution in [-0.4, -0.2) is 65.2 Å². The lowest BCUT2D eigenvalue weighted by Gasteiger charge is -2.35. The van der Waals surface area contributed by atoms with E-state index in [4.69, 9.17) is 9.47 Å². The zero-order chi connectivity index (χ0) is 24.1. The fraction of sp³-hybridized carbons (Fsp3) is 0.462. The highest BCUT2D eigenvalue weighted by atomic mass is 16.5. The first-order valence-electron chi connectivity index (χ1n) is 11.9. The lowest BCUT2D eigenvalue weighted by atomic mass is 10.1. The molecule has 0 saturated carbocycles. The van der Waals surface area contributed by atoms with E-state index in [1.807, 2.05) is 51.9 Å². The van der Waals surface area contributed by atoms with Gasteiger partial charge >= 0.3 is 5.69 Å². The van der Waals surface area contributed by atoms with Crippen molar-refractivity contribution in [1.82, 2.24) is 18.9 Å². The standard InChI is InChI=1S/C26H34N4O4/c1-4-12-29-21-7-5-6-8-22(21)30(26(29)32)13-11-25(31)28-16-14-27(15-17-28)19-20-9-10-23(33-2)24(18-20)34-3/h5-10,18H,4,11-17,19H2,1-3H3. The minimum absolute atomic E-state index is 0.0319. The number of ether oxygens (including phenoxy) is 2. The van der Waals surface area contributed by atoms with Gasteiger partial charge in [-0.1, -0.05) is 25.1 Å². The van der Waals surface area contributed by atoms with Gasteiger partial charge in [0.25, 0.3) is 0 Å². The van der Waals surface area contributed by atoms with Gasteiger partial charge in [0.15, 0.2) is 11.5 Å². The highest BCUT2D eigenvalue weighted by Crippen LogP contribution is 2.28. The average molecular weight is 467 g/mol. The van der Waals surface area contributed by atoms with Crippen LogP contribution >= 0.6 is 0 Å². The summed E-state index contributed by atoms with van der Waals surface area (Å²) in [6.45, 7) is 6.97. The predicted molar refractivity (Wildman–Crippen MR) is 133 cm³/mol. The Balaban J connectivity index is 1.33. The number of rotatable bonds is 9. The molecule has 1 aliphatic rings. The van der Waals surface area contributed by atoms with Gasteiger partial charge in [0, 0.05) is 52.2 Å². The highest BCUT2D eigenvalue weighted by molar-refractivity contribution is 5.78. The number of aromatic nitrogens is 2. The molecule has 1 saturated heterocycles. The number of para-hydroxylation sites is 2. The van der Waals surface area contributed by atoms with Crippen LogP contribution in [-0.2, 0) is 24.4 Å². The van der Waals surface area contributed by atoms with E-state index >= 15 is 0 Å². The van der Waals surface area contributed by atoms with E-state index in [1.165, 1.54) is 0 Å². The first kappa shape index (κ1) is 23.9. The molecule has 2 aromatic carbocycles. The molecule has 0 atom stereocenters. The molecule has 0 N–H and O–H groups in total. The number of nitrogens with zero attached hydrogens (tertiary/aromatic N) is 4. The van der Waals surface area contributed by atoms with Gasteiger partial charge in [-0.2, -0.15) is 0 Å². The monoisotopic (exact) mass is 466 g/mol. The van der Waals surface area contributed by atoms with Gasteiger partial charge < -0.3 is 14.4 Å². The van der Waals surface area contributed by atoms with E-state index in [-0.39, 0.29) is 11.6 Å². The Bertz CT molecular complexity index is 1190. The minimum Gasteiger partial charge on any atom is -0.493 e. The molecule has 3 aromatic rings. The molecule has 182 valence electrons.